The van der Waals surface area contributed by atoms with Gasteiger partial charge in [0.15, 0.2) is 0 Å². The summed E-state index contributed by atoms with van der Waals surface area (Å²) in [5.74, 6) is 0.769. The van der Waals surface area contributed by atoms with Gasteiger partial charge in [-0.15, -0.1) is 11.3 Å². The van der Waals surface area contributed by atoms with Crippen molar-refractivity contribution in [2.24, 2.45) is 5.92 Å². The Bertz CT molecular complexity index is 388. The molecule has 1 N–H and O–H groups in total. The van der Waals surface area contributed by atoms with Crippen LogP contribution in [0.2, 0.25) is 0 Å². The molecule has 0 aromatic carbocycles. The second kappa shape index (κ2) is 6.87. The summed E-state index contributed by atoms with van der Waals surface area (Å²) in [7, 11) is 0. The molecule has 0 amide bonds. The van der Waals surface area contributed by atoms with Crippen LogP contribution in [0.25, 0.3) is 0 Å². The summed E-state index contributed by atoms with van der Waals surface area (Å²) in [6.45, 7) is 12.7. The third kappa shape index (κ3) is 3.80. The van der Waals surface area contributed by atoms with E-state index in [0.29, 0.717) is 12.1 Å². The van der Waals surface area contributed by atoms with Gasteiger partial charge in [0.05, 0.1) is 0 Å². The Hall–Kier alpha value is -0.380. The molecule has 2 heterocycles. The Balaban J connectivity index is 2.01. The fourth-order valence-electron chi connectivity index (χ4n) is 2.91. The van der Waals surface area contributed by atoms with Crippen LogP contribution in [0.4, 0.5) is 0 Å². The maximum absolute atomic E-state index is 3.75. The maximum Gasteiger partial charge on any atom is 0.0332 e. The molecule has 2 nitrogen and oxygen atoms in total. The zero-order valence-electron chi connectivity index (χ0n) is 12.8. The predicted octanol–water partition coefficient (Wildman–Crippen LogP) is 3.66. The highest BCUT2D eigenvalue weighted by Gasteiger charge is 2.29. The summed E-state index contributed by atoms with van der Waals surface area (Å²) >= 11 is 1.95. The zero-order chi connectivity index (χ0) is 13.8. The summed E-state index contributed by atoms with van der Waals surface area (Å²) in [4.78, 5) is 5.64. The summed E-state index contributed by atoms with van der Waals surface area (Å²) in [6, 6.07) is 5.90. The van der Waals surface area contributed by atoms with Gasteiger partial charge >= 0.3 is 0 Å². The molecule has 3 heteroatoms. The van der Waals surface area contributed by atoms with Crippen molar-refractivity contribution in [1.29, 1.82) is 0 Å². The summed E-state index contributed by atoms with van der Waals surface area (Å²) in [5.41, 5.74) is 0. The van der Waals surface area contributed by atoms with Crippen molar-refractivity contribution >= 4 is 11.3 Å². The molecule has 0 aliphatic carbocycles. The van der Waals surface area contributed by atoms with Crippen molar-refractivity contribution in [3.05, 3.63) is 21.9 Å². The molecule has 0 radical (unpaired) electrons. The monoisotopic (exact) mass is 280 g/mol. The van der Waals surface area contributed by atoms with Crippen molar-refractivity contribution in [1.82, 2.24) is 10.2 Å². The number of piperazine rings is 1. The third-order valence-corrected chi connectivity index (χ3v) is 5.51. The van der Waals surface area contributed by atoms with Crippen LogP contribution >= 0.6 is 11.3 Å². The molecule has 0 spiro atoms. The van der Waals surface area contributed by atoms with E-state index in [1.807, 2.05) is 11.3 Å². The largest absolute Gasteiger partial charge is 0.311 e. The van der Waals surface area contributed by atoms with Crippen molar-refractivity contribution in [3.8, 4) is 0 Å². The van der Waals surface area contributed by atoms with Crippen molar-refractivity contribution in [2.75, 3.05) is 13.1 Å². The van der Waals surface area contributed by atoms with E-state index in [1.54, 1.807) is 0 Å². The molecular weight excluding hydrogens is 252 g/mol. The van der Waals surface area contributed by atoms with Gasteiger partial charge in [0.1, 0.15) is 0 Å². The first-order valence-electron chi connectivity index (χ1n) is 7.66. The van der Waals surface area contributed by atoms with Gasteiger partial charge in [0.25, 0.3) is 0 Å². The van der Waals surface area contributed by atoms with Crippen LogP contribution in [-0.2, 0) is 6.54 Å². The molecule has 19 heavy (non-hydrogen) atoms. The van der Waals surface area contributed by atoms with Crippen molar-refractivity contribution < 1.29 is 0 Å². The molecule has 3 atom stereocenters. The van der Waals surface area contributed by atoms with E-state index in [1.165, 1.54) is 29.1 Å². The lowest BCUT2D eigenvalue weighted by Gasteiger charge is -2.42. The molecule has 1 aliphatic heterocycles. The van der Waals surface area contributed by atoms with Gasteiger partial charge in [0.2, 0.25) is 0 Å². The Morgan fingerprint density at radius 1 is 1.42 bits per heavy atom. The lowest BCUT2D eigenvalue weighted by Crippen LogP contribution is -2.57. The van der Waals surface area contributed by atoms with Gasteiger partial charge in [-0.25, -0.2) is 0 Å². The minimum Gasteiger partial charge on any atom is -0.311 e. The molecule has 3 unspecified atom stereocenters. The molecule has 0 bridgehead atoms. The molecule has 1 saturated heterocycles. The van der Waals surface area contributed by atoms with Crippen LogP contribution in [0.15, 0.2) is 12.1 Å². The average molecular weight is 280 g/mol. The number of hydrogen-bond donors (Lipinski definition) is 1. The fraction of sp³-hybridized carbons (Fsp3) is 0.750. The van der Waals surface area contributed by atoms with Gasteiger partial charge < -0.3 is 5.32 Å². The Morgan fingerprint density at radius 3 is 2.79 bits per heavy atom. The van der Waals surface area contributed by atoms with E-state index in [2.05, 4.69) is 50.0 Å². The smallest absolute Gasteiger partial charge is 0.0332 e. The quantitative estimate of drug-likeness (QED) is 0.885. The van der Waals surface area contributed by atoms with Crippen molar-refractivity contribution in [3.63, 3.8) is 0 Å². The topological polar surface area (TPSA) is 15.3 Å². The number of hydrogen-bond acceptors (Lipinski definition) is 3. The van der Waals surface area contributed by atoms with Crippen molar-refractivity contribution in [2.45, 2.75) is 59.2 Å². The van der Waals surface area contributed by atoms with Gasteiger partial charge in [-0.3, -0.25) is 4.90 Å². The van der Waals surface area contributed by atoms with Crippen LogP contribution < -0.4 is 5.32 Å². The lowest BCUT2D eigenvalue weighted by atomic mass is 9.95. The van der Waals surface area contributed by atoms with E-state index in [0.717, 1.165) is 19.0 Å². The predicted molar refractivity (Wildman–Crippen MR) is 84.8 cm³/mol. The van der Waals surface area contributed by atoms with Crippen LogP contribution in [0.5, 0.6) is 0 Å². The summed E-state index contributed by atoms with van der Waals surface area (Å²) < 4.78 is 0. The Labute approximate surface area is 122 Å². The van der Waals surface area contributed by atoms with Gasteiger partial charge in [-0.05, 0) is 31.4 Å². The number of nitrogens with one attached hydrogen (secondary N) is 1. The van der Waals surface area contributed by atoms with Gasteiger partial charge in [-0.1, -0.05) is 27.2 Å². The molecular formula is C16H28N2S. The Kier molecular flexibility index (Phi) is 5.43. The van der Waals surface area contributed by atoms with E-state index in [4.69, 9.17) is 0 Å². The molecule has 2 rings (SSSR count). The molecule has 1 aromatic heterocycles. The fourth-order valence-corrected chi connectivity index (χ4v) is 3.83. The van der Waals surface area contributed by atoms with Crippen LogP contribution in [-0.4, -0.2) is 30.1 Å². The minimum atomic E-state index is 0.661. The molecule has 1 fully saturated rings. The number of rotatable bonds is 5. The average Bonchev–Trinajstić information content (AvgIpc) is 2.83. The first-order valence-corrected chi connectivity index (χ1v) is 8.48. The molecule has 1 aromatic rings. The Morgan fingerprint density at radius 2 is 2.21 bits per heavy atom. The van der Waals surface area contributed by atoms with E-state index < -0.39 is 0 Å². The second-order valence-corrected chi connectivity index (χ2v) is 7.28. The first-order chi connectivity index (χ1) is 9.13. The van der Waals surface area contributed by atoms with E-state index >= 15 is 0 Å². The standard InChI is InChI=1S/C16H28N2S/c1-5-12(3)16-11-18(14(6-2)9-17-16)10-15-8-7-13(4)19-15/h7-8,12,14,16-17H,5-6,9-11H2,1-4H3. The molecule has 0 saturated carbocycles. The van der Waals surface area contributed by atoms with Crippen LogP contribution in [0.1, 0.15) is 43.4 Å². The number of nitrogens with zero attached hydrogens (tertiary/aromatic N) is 1. The molecule has 1 aliphatic rings. The van der Waals surface area contributed by atoms with Gasteiger partial charge in [-0.2, -0.15) is 0 Å². The van der Waals surface area contributed by atoms with E-state index in [-0.39, 0.29) is 0 Å². The highest BCUT2D eigenvalue weighted by Crippen LogP contribution is 2.22. The lowest BCUT2D eigenvalue weighted by molar-refractivity contribution is 0.100. The summed E-state index contributed by atoms with van der Waals surface area (Å²) in [5, 5.41) is 3.75. The highest BCUT2D eigenvalue weighted by molar-refractivity contribution is 7.11. The highest BCUT2D eigenvalue weighted by atomic mass is 32.1. The third-order valence-electron chi connectivity index (χ3n) is 4.52. The second-order valence-electron chi connectivity index (χ2n) is 5.90. The number of aryl methyl sites for hydroxylation is 1. The SMILES string of the molecule is CCC(C)C1CN(Cc2ccc(C)s2)C(CC)CN1. The minimum absolute atomic E-state index is 0.661. The maximum atomic E-state index is 3.75. The summed E-state index contributed by atoms with van der Waals surface area (Å²) in [6.07, 6.45) is 2.50. The van der Waals surface area contributed by atoms with Crippen LogP contribution in [0.3, 0.4) is 0 Å². The zero-order valence-corrected chi connectivity index (χ0v) is 13.6. The first kappa shape index (κ1) is 15.0. The van der Waals surface area contributed by atoms with E-state index in [9.17, 15) is 0 Å². The van der Waals surface area contributed by atoms with Crippen LogP contribution in [0, 0.1) is 12.8 Å². The normalized spacial score (nSPS) is 26.5. The molecule has 108 valence electrons. The van der Waals surface area contributed by atoms with Gasteiger partial charge in [0, 0.05) is 41.5 Å². The number of thiophene rings is 1.